The summed E-state index contributed by atoms with van der Waals surface area (Å²) in [7, 11) is 0. The van der Waals surface area contributed by atoms with E-state index in [0.29, 0.717) is 5.56 Å². The van der Waals surface area contributed by atoms with Crippen molar-refractivity contribution in [1.82, 2.24) is 9.78 Å². The maximum absolute atomic E-state index is 12.7. The number of aromatic nitrogens is 2. The average Bonchev–Trinajstić information content (AvgIpc) is 3.29. The van der Waals surface area contributed by atoms with Gasteiger partial charge in [-0.15, -0.1) is 0 Å². The lowest BCUT2D eigenvalue weighted by atomic mass is 10.1. The highest BCUT2D eigenvalue weighted by Gasteiger charge is 2.31. The van der Waals surface area contributed by atoms with Gasteiger partial charge < -0.3 is 4.74 Å². The number of carbonyl (C=O) groups excluding carboxylic acids is 1. The first-order chi connectivity index (χ1) is 13.4. The van der Waals surface area contributed by atoms with Gasteiger partial charge in [-0.3, -0.25) is 0 Å². The zero-order chi connectivity index (χ0) is 19.7. The fourth-order valence-electron chi connectivity index (χ4n) is 2.63. The summed E-state index contributed by atoms with van der Waals surface area (Å²) in [5.41, 5.74) is 1.03. The van der Waals surface area contributed by atoms with E-state index in [1.165, 1.54) is 18.2 Å². The minimum atomic E-state index is -4.43. The molecule has 2 heterocycles. The van der Waals surface area contributed by atoms with Gasteiger partial charge in [0.25, 0.3) is 0 Å². The van der Waals surface area contributed by atoms with E-state index in [1.54, 1.807) is 17.1 Å². The highest BCUT2D eigenvalue weighted by Crippen LogP contribution is 2.29. The van der Waals surface area contributed by atoms with Crippen molar-refractivity contribution in [2.24, 2.45) is 4.99 Å². The third kappa shape index (κ3) is 3.57. The standard InChI is InChI=1S/C20H12F3N3O2/c21-20(22,23)15-8-6-14(7-9-15)18-25-17(19(27)28-18)10-13-11-24-26(12-13)16-4-2-1-3-5-16/h1-12H. The van der Waals surface area contributed by atoms with Crippen LogP contribution in [0, 0.1) is 0 Å². The molecular weight excluding hydrogens is 371 g/mol. The van der Waals surface area contributed by atoms with Crippen molar-refractivity contribution >= 4 is 17.9 Å². The van der Waals surface area contributed by atoms with Gasteiger partial charge in [0, 0.05) is 17.3 Å². The molecule has 0 saturated carbocycles. The molecule has 0 radical (unpaired) electrons. The van der Waals surface area contributed by atoms with Crippen LogP contribution >= 0.6 is 0 Å². The molecule has 0 fully saturated rings. The van der Waals surface area contributed by atoms with E-state index in [0.717, 1.165) is 17.8 Å². The second-order valence-electron chi connectivity index (χ2n) is 5.96. The summed E-state index contributed by atoms with van der Waals surface area (Å²) in [4.78, 5) is 16.1. The second-order valence-corrected chi connectivity index (χ2v) is 5.96. The van der Waals surface area contributed by atoms with E-state index in [4.69, 9.17) is 4.74 Å². The maximum atomic E-state index is 12.7. The van der Waals surface area contributed by atoms with Crippen molar-refractivity contribution in [3.8, 4) is 5.69 Å². The Morgan fingerprint density at radius 3 is 2.39 bits per heavy atom. The average molecular weight is 383 g/mol. The van der Waals surface area contributed by atoms with Crippen molar-refractivity contribution in [2.75, 3.05) is 0 Å². The number of nitrogens with zero attached hydrogens (tertiary/aromatic N) is 3. The Morgan fingerprint density at radius 1 is 1.00 bits per heavy atom. The molecule has 0 saturated heterocycles. The molecule has 0 spiro atoms. The number of hydrogen-bond donors (Lipinski definition) is 0. The summed E-state index contributed by atoms with van der Waals surface area (Å²) in [5.74, 6) is -0.720. The summed E-state index contributed by atoms with van der Waals surface area (Å²) in [5, 5.41) is 4.23. The molecular formula is C20H12F3N3O2. The fourth-order valence-corrected chi connectivity index (χ4v) is 2.63. The van der Waals surface area contributed by atoms with E-state index in [2.05, 4.69) is 10.1 Å². The minimum absolute atomic E-state index is 0.0413. The van der Waals surface area contributed by atoms with E-state index in [1.807, 2.05) is 30.3 Å². The largest absolute Gasteiger partial charge is 0.416 e. The van der Waals surface area contributed by atoms with E-state index in [9.17, 15) is 18.0 Å². The summed E-state index contributed by atoms with van der Waals surface area (Å²) in [6.45, 7) is 0. The first kappa shape index (κ1) is 17.7. The topological polar surface area (TPSA) is 56.5 Å². The lowest BCUT2D eigenvalue weighted by Gasteiger charge is -2.06. The van der Waals surface area contributed by atoms with Gasteiger partial charge in [0.2, 0.25) is 5.90 Å². The van der Waals surface area contributed by atoms with Crippen LogP contribution in [0.3, 0.4) is 0 Å². The van der Waals surface area contributed by atoms with Crippen LogP contribution in [0.15, 0.2) is 77.7 Å². The second kappa shape index (κ2) is 6.80. The lowest BCUT2D eigenvalue weighted by Crippen LogP contribution is -2.08. The quantitative estimate of drug-likeness (QED) is 0.502. The van der Waals surface area contributed by atoms with Crippen LogP contribution in [0.2, 0.25) is 0 Å². The Balaban J connectivity index is 1.58. The lowest BCUT2D eigenvalue weighted by molar-refractivity contribution is -0.137. The van der Waals surface area contributed by atoms with Gasteiger partial charge >= 0.3 is 12.1 Å². The van der Waals surface area contributed by atoms with Crippen molar-refractivity contribution in [3.05, 3.63) is 89.4 Å². The number of esters is 1. The van der Waals surface area contributed by atoms with Crippen LogP contribution in [-0.4, -0.2) is 21.6 Å². The fraction of sp³-hybridized carbons (Fsp3) is 0.0500. The minimum Gasteiger partial charge on any atom is -0.402 e. The van der Waals surface area contributed by atoms with Gasteiger partial charge in [0.15, 0.2) is 5.70 Å². The molecule has 1 aliphatic heterocycles. The molecule has 0 unspecified atom stereocenters. The number of ether oxygens (including phenoxy) is 1. The maximum Gasteiger partial charge on any atom is 0.416 e. The zero-order valence-electron chi connectivity index (χ0n) is 14.2. The van der Waals surface area contributed by atoms with E-state index >= 15 is 0 Å². The number of rotatable bonds is 3. The van der Waals surface area contributed by atoms with Crippen molar-refractivity contribution in [3.63, 3.8) is 0 Å². The van der Waals surface area contributed by atoms with Gasteiger partial charge in [-0.05, 0) is 42.5 Å². The number of hydrogen-bond acceptors (Lipinski definition) is 4. The van der Waals surface area contributed by atoms with Gasteiger partial charge in [-0.25, -0.2) is 14.5 Å². The molecule has 1 aromatic heterocycles. The van der Waals surface area contributed by atoms with Crippen LogP contribution < -0.4 is 0 Å². The molecule has 5 nitrogen and oxygen atoms in total. The molecule has 28 heavy (non-hydrogen) atoms. The monoisotopic (exact) mass is 383 g/mol. The molecule has 0 atom stereocenters. The molecule has 0 bridgehead atoms. The Kier molecular flexibility index (Phi) is 4.31. The highest BCUT2D eigenvalue weighted by molar-refractivity contribution is 6.12. The van der Waals surface area contributed by atoms with E-state index < -0.39 is 17.7 Å². The number of aliphatic imine (C=N–C) groups is 1. The molecule has 2 aromatic carbocycles. The first-order valence-electron chi connectivity index (χ1n) is 8.20. The van der Waals surface area contributed by atoms with Crippen LogP contribution in [0.4, 0.5) is 13.2 Å². The highest BCUT2D eigenvalue weighted by atomic mass is 19.4. The molecule has 0 amide bonds. The van der Waals surface area contributed by atoms with Crippen molar-refractivity contribution < 1.29 is 22.7 Å². The third-order valence-corrected chi connectivity index (χ3v) is 4.01. The normalized spacial score (nSPS) is 15.6. The molecule has 8 heteroatoms. The van der Waals surface area contributed by atoms with Crippen molar-refractivity contribution in [1.29, 1.82) is 0 Å². The molecule has 3 aromatic rings. The Morgan fingerprint density at radius 2 is 1.71 bits per heavy atom. The molecule has 140 valence electrons. The van der Waals surface area contributed by atoms with Gasteiger partial charge in [0.05, 0.1) is 17.4 Å². The smallest absolute Gasteiger partial charge is 0.402 e. The first-order valence-corrected chi connectivity index (χ1v) is 8.20. The molecule has 0 N–H and O–H groups in total. The van der Waals surface area contributed by atoms with Crippen LogP contribution in [0.25, 0.3) is 11.8 Å². The summed E-state index contributed by atoms with van der Waals surface area (Å²) in [6.07, 6.45) is 0.364. The Hall–Kier alpha value is -3.68. The third-order valence-electron chi connectivity index (χ3n) is 4.01. The van der Waals surface area contributed by atoms with Crippen LogP contribution in [-0.2, 0) is 15.7 Å². The molecule has 4 rings (SSSR count). The van der Waals surface area contributed by atoms with Gasteiger partial charge in [-0.2, -0.15) is 18.3 Å². The van der Waals surface area contributed by atoms with Crippen LogP contribution in [0.1, 0.15) is 16.7 Å². The predicted octanol–water partition coefficient (Wildman–Crippen LogP) is 4.24. The Labute approximate surface area is 157 Å². The predicted molar refractivity (Wildman–Crippen MR) is 95.6 cm³/mol. The van der Waals surface area contributed by atoms with Gasteiger partial charge in [-0.1, -0.05) is 18.2 Å². The number of halogens is 3. The Bertz CT molecular complexity index is 1080. The van der Waals surface area contributed by atoms with E-state index in [-0.39, 0.29) is 17.2 Å². The van der Waals surface area contributed by atoms with Crippen molar-refractivity contribution in [2.45, 2.75) is 6.18 Å². The summed E-state index contributed by atoms with van der Waals surface area (Å²) >= 11 is 0. The molecule has 0 aliphatic carbocycles. The summed E-state index contributed by atoms with van der Waals surface area (Å²) in [6, 6.07) is 13.7. The SMILES string of the molecule is O=C1OC(c2ccc(C(F)(F)F)cc2)=NC1=Cc1cnn(-c2ccccc2)c1. The van der Waals surface area contributed by atoms with Gasteiger partial charge in [0.1, 0.15) is 0 Å². The number of carbonyl (C=O) groups is 1. The van der Waals surface area contributed by atoms with Crippen LogP contribution in [0.5, 0.6) is 0 Å². The number of cyclic esters (lactones) is 1. The number of benzene rings is 2. The molecule has 1 aliphatic rings. The number of alkyl halides is 3. The summed E-state index contributed by atoms with van der Waals surface area (Å²) < 4.78 is 44.7. The zero-order valence-corrected chi connectivity index (χ0v) is 14.2. The number of para-hydroxylation sites is 1.